The highest BCUT2D eigenvalue weighted by atomic mass is 28.3. The van der Waals surface area contributed by atoms with Gasteiger partial charge in [-0.2, -0.15) is 0 Å². The molecule has 0 N–H and O–H groups in total. The van der Waals surface area contributed by atoms with Crippen molar-refractivity contribution in [2.45, 2.75) is 13.1 Å². The third-order valence-corrected chi connectivity index (χ3v) is 15.3. The van der Waals surface area contributed by atoms with E-state index in [1.807, 2.05) is 0 Å². The van der Waals surface area contributed by atoms with Gasteiger partial charge in [0, 0.05) is 34.0 Å². The first-order valence-electron chi connectivity index (χ1n) is 18.3. The Morgan fingerprint density at radius 2 is 1.13 bits per heavy atom. The average Bonchev–Trinajstić information content (AvgIpc) is 3.21. The number of hydrogen-bond acceptors (Lipinski definition) is 2. The number of hydrogen-bond donors (Lipinski definition) is 0. The summed E-state index contributed by atoms with van der Waals surface area (Å²) in [4.78, 5) is 5.28. The molecule has 244 valence electrons. The van der Waals surface area contributed by atoms with Gasteiger partial charge in [-0.15, -0.1) is 0 Å². The molecular formula is C48H35BN2Si. The van der Waals surface area contributed by atoms with Crippen LogP contribution < -0.4 is 31.0 Å². The second kappa shape index (κ2) is 10.9. The minimum atomic E-state index is -2.04. The lowest BCUT2D eigenvalue weighted by molar-refractivity contribution is 1.27. The fraction of sp³-hybridized carbons (Fsp3) is 0.0417. The highest BCUT2D eigenvalue weighted by Crippen LogP contribution is 2.50. The molecule has 0 amide bonds. The van der Waals surface area contributed by atoms with Crippen LogP contribution in [0.4, 0.5) is 28.4 Å². The van der Waals surface area contributed by atoms with Gasteiger partial charge in [-0.05, 0) is 96.3 Å². The second-order valence-electron chi connectivity index (χ2n) is 14.9. The summed E-state index contributed by atoms with van der Waals surface area (Å²) in [5.74, 6) is 0. The van der Waals surface area contributed by atoms with Crippen molar-refractivity contribution >= 4 is 75.4 Å². The summed E-state index contributed by atoms with van der Waals surface area (Å²) in [6.45, 7) is 5.05. The van der Waals surface area contributed by atoms with Crippen molar-refractivity contribution in [2.75, 3.05) is 9.71 Å². The zero-order chi connectivity index (χ0) is 34.6. The van der Waals surface area contributed by atoms with Crippen LogP contribution in [0.1, 0.15) is 0 Å². The summed E-state index contributed by atoms with van der Waals surface area (Å²) in [7, 11) is -2.04. The molecule has 0 aliphatic carbocycles. The van der Waals surface area contributed by atoms with Gasteiger partial charge >= 0.3 is 6.85 Å². The Hall–Kier alpha value is -6.10. The lowest BCUT2D eigenvalue weighted by Gasteiger charge is -2.50. The van der Waals surface area contributed by atoms with Crippen LogP contribution in [-0.4, -0.2) is 14.9 Å². The molecule has 4 heteroatoms. The van der Waals surface area contributed by atoms with Crippen molar-refractivity contribution < 1.29 is 0 Å². The molecule has 3 aliphatic rings. The first-order valence-corrected chi connectivity index (χ1v) is 21.3. The molecule has 11 rings (SSSR count). The standard InChI is InChI=1S/C48H35BN2Si/c1-52(2)44-22-12-11-21-41(44)50-43-31-36(33-16-7-4-8-17-33)30-39-46-38-19-10-9-18-35(38)26-29-42(46)51(49(47(39)43)40-20-13-23-45(52)48(40)50)37-27-24-34(25-28-37)32-14-5-3-6-15-32/h3-31H,1-2H3. The molecule has 2 nitrogen and oxygen atoms in total. The fourth-order valence-corrected chi connectivity index (χ4v) is 12.4. The number of nitrogens with zero attached hydrogens (tertiary/aromatic N) is 2. The summed E-state index contributed by atoms with van der Waals surface area (Å²) >= 11 is 0. The summed E-state index contributed by atoms with van der Waals surface area (Å²) < 4.78 is 0. The monoisotopic (exact) mass is 678 g/mol. The third kappa shape index (κ3) is 4.07. The van der Waals surface area contributed by atoms with Gasteiger partial charge in [-0.1, -0.05) is 153 Å². The Bertz CT molecular complexity index is 2720. The quantitative estimate of drug-likeness (QED) is 0.172. The van der Waals surface area contributed by atoms with E-state index in [0.29, 0.717) is 0 Å². The van der Waals surface area contributed by atoms with E-state index in [1.165, 1.54) is 93.9 Å². The van der Waals surface area contributed by atoms with E-state index in [9.17, 15) is 0 Å². The maximum absolute atomic E-state index is 2.65. The third-order valence-electron chi connectivity index (χ3n) is 11.8. The largest absolute Gasteiger partial charge is 0.376 e. The summed E-state index contributed by atoms with van der Waals surface area (Å²) in [6.07, 6.45) is 0. The molecule has 0 unspecified atom stereocenters. The Morgan fingerprint density at radius 1 is 0.481 bits per heavy atom. The fourth-order valence-electron chi connectivity index (χ4n) is 9.40. The first kappa shape index (κ1) is 29.6. The Labute approximate surface area is 306 Å². The molecule has 0 saturated carbocycles. The summed E-state index contributed by atoms with van der Waals surface area (Å²) in [5.41, 5.74) is 16.7. The number of fused-ring (bicyclic) bond motifs is 8. The lowest BCUT2D eigenvalue weighted by atomic mass is 9.43. The van der Waals surface area contributed by atoms with Crippen molar-refractivity contribution in [3.63, 3.8) is 0 Å². The van der Waals surface area contributed by atoms with Crippen molar-refractivity contribution in [1.29, 1.82) is 0 Å². The van der Waals surface area contributed by atoms with Gasteiger partial charge in [0.2, 0.25) is 0 Å². The van der Waals surface area contributed by atoms with Crippen molar-refractivity contribution in [2.24, 2.45) is 0 Å². The minimum Gasteiger partial charge on any atom is -0.376 e. The number of anilines is 5. The Kier molecular flexibility index (Phi) is 6.24. The van der Waals surface area contributed by atoms with E-state index in [0.717, 1.165) is 0 Å². The van der Waals surface area contributed by atoms with E-state index < -0.39 is 8.07 Å². The van der Waals surface area contributed by atoms with Gasteiger partial charge in [-0.3, -0.25) is 0 Å². The second-order valence-corrected chi connectivity index (χ2v) is 19.2. The van der Waals surface area contributed by atoms with Gasteiger partial charge in [0.15, 0.2) is 0 Å². The summed E-state index contributed by atoms with van der Waals surface area (Å²) in [5, 5.41) is 5.54. The molecule has 8 aromatic rings. The zero-order valence-electron chi connectivity index (χ0n) is 29.2. The first-order chi connectivity index (χ1) is 25.6. The van der Waals surface area contributed by atoms with Crippen LogP contribution >= 0.6 is 0 Å². The van der Waals surface area contributed by atoms with Crippen molar-refractivity contribution in [3.05, 3.63) is 176 Å². The molecule has 0 spiro atoms. The predicted molar refractivity (Wildman–Crippen MR) is 225 cm³/mol. The van der Waals surface area contributed by atoms with E-state index >= 15 is 0 Å². The van der Waals surface area contributed by atoms with Crippen LogP contribution in [-0.2, 0) is 0 Å². The normalized spacial score (nSPS) is 14.4. The highest BCUT2D eigenvalue weighted by Gasteiger charge is 2.50. The van der Waals surface area contributed by atoms with Crippen molar-refractivity contribution in [3.8, 4) is 33.4 Å². The van der Waals surface area contributed by atoms with Gasteiger partial charge in [0.05, 0.1) is 0 Å². The maximum Gasteiger partial charge on any atom is 0.333 e. The minimum absolute atomic E-state index is 0.00711. The van der Waals surface area contributed by atoms with Crippen LogP contribution in [0.2, 0.25) is 13.1 Å². The van der Waals surface area contributed by atoms with Crippen LogP contribution in [0.5, 0.6) is 0 Å². The average molecular weight is 679 g/mol. The Balaban J connectivity index is 1.27. The molecule has 0 atom stereocenters. The van der Waals surface area contributed by atoms with Gasteiger partial charge in [-0.25, -0.2) is 0 Å². The molecular weight excluding hydrogens is 643 g/mol. The molecule has 0 radical (unpaired) electrons. The number of para-hydroxylation sites is 2. The highest BCUT2D eigenvalue weighted by molar-refractivity contribution is 7.04. The smallest absolute Gasteiger partial charge is 0.333 e. The van der Waals surface area contributed by atoms with Crippen LogP contribution in [0.15, 0.2) is 176 Å². The zero-order valence-corrected chi connectivity index (χ0v) is 30.2. The molecule has 8 aromatic carbocycles. The van der Waals surface area contributed by atoms with Crippen molar-refractivity contribution in [1.82, 2.24) is 0 Å². The number of benzene rings is 8. The molecule has 0 fully saturated rings. The molecule has 3 aliphatic heterocycles. The lowest BCUT2D eigenvalue weighted by Crippen LogP contribution is -2.67. The Morgan fingerprint density at radius 3 is 1.92 bits per heavy atom. The maximum atomic E-state index is 2.65. The van der Waals surface area contributed by atoms with Crippen LogP contribution in [0.3, 0.4) is 0 Å². The molecule has 0 bridgehead atoms. The molecule has 0 saturated heterocycles. The van der Waals surface area contributed by atoms with Gasteiger partial charge in [0.1, 0.15) is 8.07 Å². The SMILES string of the molecule is C[Si]1(C)c2ccccc2N2c3cc(-c4ccccc4)cc4c3B(c3cccc1c32)N(c1ccc(-c2ccccc2)cc1)c1ccc2ccccc2c1-4. The molecule has 3 heterocycles. The van der Waals surface area contributed by atoms with Crippen LogP contribution in [0.25, 0.3) is 44.2 Å². The topological polar surface area (TPSA) is 6.48 Å². The van der Waals surface area contributed by atoms with E-state index in [4.69, 9.17) is 0 Å². The molecule has 0 aromatic heterocycles. The van der Waals surface area contributed by atoms with Gasteiger partial charge in [0.25, 0.3) is 0 Å². The van der Waals surface area contributed by atoms with Gasteiger partial charge < -0.3 is 9.71 Å². The van der Waals surface area contributed by atoms with E-state index in [-0.39, 0.29) is 6.85 Å². The predicted octanol–water partition coefficient (Wildman–Crippen LogP) is 10.0. The van der Waals surface area contributed by atoms with E-state index in [2.05, 4.69) is 199 Å². The summed E-state index contributed by atoms with van der Waals surface area (Å²) in [6, 6.07) is 65.8. The number of rotatable bonds is 3. The van der Waals surface area contributed by atoms with Crippen LogP contribution in [0, 0.1) is 0 Å². The van der Waals surface area contributed by atoms with E-state index in [1.54, 1.807) is 0 Å². The molecule has 52 heavy (non-hydrogen) atoms.